The van der Waals surface area contributed by atoms with Crippen LogP contribution in [0.4, 0.5) is 0 Å². The molecule has 0 saturated heterocycles. The van der Waals surface area contributed by atoms with Crippen LogP contribution in [-0.2, 0) is 16.9 Å². The Labute approximate surface area is 96.0 Å². The molecule has 5 nitrogen and oxygen atoms in total. The fourth-order valence-corrected chi connectivity index (χ4v) is 1.79. The molecule has 1 heterocycles. The van der Waals surface area contributed by atoms with Gasteiger partial charge in [0.25, 0.3) is 0 Å². The normalized spacial score (nSPS) is 14.8. The van der Waals surface area contributed by atoms with Gasteiger partial charge in [0.1, 0.15) is 11.3 Å². The van der Waals surface area contributed by atoms with Crippen molar-refractivity contribution in [1.82, 2.24) is 9.78 Å². The molecule has 1 unspecified atom stereocenters. The van der Waals surface area contributed by atoms with Gasteiger partial charge in [-0.3, -0.25) is 4.68 Å². The van der Waals surface area contributed by atoms with E-state index in [9.17, 15) is 5.11 Å². The number of aryl methyl sites for hydroxylation is 1. The zero-order chi connectivity index (χ0) is 12.2. The zero-order valence-electron chi connectivity index (χ0n) is 10.4. The van der Waals surface area contributed by atoms with Crippen LogP contribution < -0.4 is 4.74 Å². The van der Waals surface area contributed by atoms with Gasteiger partial charge in [0.2, 0.25) is 0 Å². The van der Waals surface area contributed by atoms with Gasteiger partial charge in [-0.2, -0.15) is 5.10 Å². The second kappa shape index (κ2) is 5.32. The molecule has 1 aromatic rings. The predicted molar refractivity (Wildman–Crippen MR) is 60.5 cm³/mol. The molecule has 0 aromatic carbocycles. The Hall–Kier alpha value is -1.07. The maximum absolute atomic E-state index is 10.3. The van der Waals surface area contributed by atoms with Gasteiger partial charge in [-0.25, -0.2) is 0 Å². The van der Waals surface area contributed by atoms with E-state index < -0.39 is 5.60 Å². The summed E-state index contributed by atoms with van der Waals surface area (Å²) in [4.78, 5) is 0. The molecule has 0 fully saturated rings. The largest absolute Gasteiger partial charge is 0.493 e. The molecule has 1 aromatic heterocycles. The smallest absolute Gasteiger partial charge is 0.163 e. The Balaban J connectivity index is 3.11. The van der Waals surface area contributed by atoms with Crippen LogP contribution in [0, 0.1) is 0 Å². The molecule has 0 bridgehead atoms. The third-order valence-corrected chi connectivity index (χ3v) is 2.40. The van der Waals surface area contributed by atoms with E-state index in [1.807, 2.05) is 0 Å². The monoisotopic (exact) mass is 228 g/mol. The summed E-state index contributed by atoms with van der Waals surface area (Å²) in [6.45, 7) is 4.71. The van der Waals surface area contributed by atoms with Crippen molar-refractivity contribution in [1.29, 1.82) is 0 Å². The van der Waals surface area contributed by atoms with Crippen molar-refractivity contribution in [2.24, 2.45) is 0 Å². The van der Waals surface area contributed by atoms with Gasteiger partial charge in [-0.15, -0.1) is 0 Å². The minimum Gasteiger partial charge on any atom is -0.493 e. The summed E-state index contributed by atoms with van der Waals surface area (Å²) in [6, 6.07) is 0. The Morgan fingerprint density at radius 1 is 1.50 bits per heavy atom. The van der Waals surface area contributed by atoms with Crippen molar-refractivity contribution in [3.05, 3.63) is 11.9 Å². The molecule has 92 valence electrons. The fraction of sp³-hybridized carbons (Fsp3) is 0.727. The first-order valence-corrected chi connectivity index (χ1v) is 5.38. The second-order valence-electron chi connectivity index (χ2n) is 3.99. The maximum atomic E-state index is 10.3. The quantitative estimate of drug-likeness (QED) is 0.793. The summed E-state index contributed by atoms with van der Waals surface area (Å²) in [7, 11) is 3.13. The standard InChI is InChI=1S/C11H20N2O3/c1-5-6-13-10(9(16-4)7-12-13)11(2,14)8-15-3/h7,14H,5-6,8H2,1-4H3. The van der Waals surface area contributed by atoms with Gasteiger partial charge in [0, 0.05) is 13.7 Å². The number of methoxy groups -OCH3 is 2. The van der Waals surface area contributed by atoms with Crippen LogP contribution in [-0.4, -0.2) is 35.7 Å². The lowest BCUT2D eigenvalue weighted by Crippen LogP contribution is -2.31. The van der Waals surface area contributed by atoms with Gasteiger partial charge < -0.3 is 14.6 Å². The molecule has 16 heavy (non-hydrogen) atoms. The average Bonchev–Trinajstić information content (AvgIpc) is 2.62. The van der Waals surface area contributed by atoms with E-state index in [1.165, 1.54) is 0 Å². The molecule has 0 amide bonds. The minimum absolute atomic E-state index is 0.207. The van der Waals surface area contributed by atoms with Crippen LogP contribution in [0.25, 0.3) is 0 Å². The van der Waals surface area contributed by atoms with Crippen LogP contribution in [0.5, 0.6) is 5.75 Å². The van der Waals surface area contributed by atoms with E-state index in [0.29, 0.717) is 11.4 Å². The Kier molecular flexibility index (Phi) is 4.32. The lowest BCUT2D eigenvalue weighted by molar-refractivity contribution is -0.0286. The summed E-state index contributed by atoms with van der Waals surface area (Å²) in [5, 5.41) is 14.5. The summed E-state index contributed by atoms with van der Waals surface area (Å²) in [5.41, 5.74) is -0.426. The highest BCUT2D eigenvalue weighted by molar-refractivity contribution is 5.30. The first-order valence-electron chi connectivity index (χ1n) is 5.38. The highest BCUT2D eigenvalue weighted by Gasteiger charge is 2.31. The van der Waals surface area contributed by atoms with Crippen molar-refractivity contribution in [3.8, 4) is 5.75 Å². The molecule has 1 N–H and O–H groups in total. The molecular weight excluding hydrogens is 208 g/mol. The van der Waals surface area contributed by atoms with E-state index in [4.69, 9.17) is 9.47 Å². The molecule has 5 heteroatoms. The minimum atomic E-state index is -1.09. The number of aliphatic hydroxyl groups is 1. The number of ether oxygens (including phenoxy) is 2. The average molecular weight is 228 g/mol. The first kappa shape index (κ1) is 13.0. The number of rotatable bonds is 6. The van der Waals surface area contributed by atoms with Crippen molar-refractivity contribution >= 4 is 0 Å². The van der Waals surface area contributed by atoms with Gasteiger partial charge in [-0.1, -0.05) is 6.92 Å². The summed E-state index contributed by atoms with van der Waals surface area (Å²) in [5.74, 6) is 0.593. The van der Waals surface area contributed by atoms with Crippen molar-refractivity contribution in [2.45, 2.75) is 32.4 Å². The number of hydrogen-bond donors (Lipinski definition) is 1. The van der Waals surface area contributed by atoms with Gasteiger partial charge in [-0.05, 0) is 13.3 Å². The Bertz CT molecular complexity index is 334. The summed E-state index contributed by atoms with van der Waals surface area (Å²) < 4.78 is 12.0. The first-order chi connectivity index (χ1) is 7.56. The van der Waals surface area contributed by atoms with E-state index >= 15 is 0 Å². The molecule has 1 atom stereocenters. The third kappa shape index (κ3) is 2.54. The lowest BCUT2D eigenvalue weighted by Gasteiger charge is -2.24. The van der Waals surface area contributed by atoms with Crippen LogP contribution in [0.2, 0.25) is 0 Å². The Morgan fingerprint density at radius 2 is 2.19 bits per heavy atom. The lowest BCUT2D eigenvalue weighted by atomic mass is 10.0. The SMILES string of the molecule is CCCn1ncc(OC)c1C(C)(O)COC. The van der Waals surface area contributed by atoms with Gasteiger partial charge >= 0.3 is 0 Å². The highest BCUT2D eigenvalue weighted by Crippen LogP contribution is 2.30. The second-order valence-corrected chi connectivity index (χ2v) is 3.99. The molecular formula is C11H20N2O3. The summed E-state index contributed by atoms with van der Waals surface area (Å²) >= 11 is 0. The molecule has 0 aliphatic rings. The molecule has 1 rings (SSSR count). The van der Waals surface area contributed by atoms with Crippen molar-refractivity contribution < 1.29 is 14.6 Å². The zero-order valence-corrected chi connectivity index (χ0v) is 10.4. The van der Waals surface area contributed by atoms with Crippen molar-refractivity contribution in [2.75, 3.05) is 20.8 Å². The van der Waals surface area contributed by atoms with E-state index in [0.717, 1.165) is 13.0 Å². The van der Waals surface area contributed by atoms with E-state index in [-0.39, 0.29) is 6.61 Å². The van der Waals surface area contributed by atoms with Crippen LogP contribution in [0.1, 0.15) is 26.0 Å². The maximum Gasteiger partial charge on any atom is 0.163 e. The molecule has 0 spiro atoms. The third-order valence-electron chi connectivity index (χ3n) is 2.40. The van der Waals surface area contributed by atoms with Crippen LogP contribution in [0.15, 0.2) is 6.20 Å². The number of nitrogens with zero attached hydrogens (tertiary/aromatic N) is 2. The van der Waals surface area contributed by atoms with Crippen LogP contribution >= 0.6 is 0 Å². The molecule has 0 aliphatic heterocycles. The highest BCUT2D eigenvalue weighted by atomic mass is 16.5. The predicted octanol–water partition coefficient (Wildman–Crippen LogP) is 1.16. The Morgan fingerprint density at radius 3 is 2.69 bits per heavy atom. The van der Waals surface area contributed by atoms with E-state index in [1.54, 1.807) is 32.0 Å². The molecule has 0 radical (unpaired) electrons. The van der Waals surface area contributed by atoms with Crippen LogP contribution in [0.3, 0.4) is 0 Å². The summed E-state index contributed by atoms with van der Waals surface area (Å²) in [6.07, 6.45) is 2.57. The van der Waals surface area contributed by atoms with Gasteiger partial charge in [0.15, 0.2) is 5.75 Å². The number of aromatic nitrogens is 2. The van der Waals surface area contributed by atoms with Gasteiger partial charge in [0.05, 0.1) is 19.9 Å². The topological polar surface area (TPSA) is 56.5 Å². The molecule has 0 aliphatic carbocycles. The fourth-order valence-electron chi connectivity index (χ4n) is 1.79. The van der Waals surface area contributed by atoms with E-state index in [2.05, 4.69) is 12.0 Å². The number of hydrogen-bond acceptors (Lipinski definition) is 4. The molecule has 0 saturated carbocycles. The van der Waals surface area contributed by atoms with Crippen molar-refractivity contribution in [3.63, 3.8) is 0 Å².